The van der Waals surface area contributed by atoms with Crippen LogP contribution in [0.1, 0.15) is 52.9 Å². The van der Waals surface area contributed by atoms with Gasteiger partial charge in [0.15, 0.2) is 0 Å². The van der Waals surface area contributed by atoms with Gasteiger partial charge in [0, 0.05) is 6.04 Å². The fourth-order valence-corrected chi connectivity index (χ4v) is 2.96. The van der Waals surface area contributed by atoms with Crippen molar-refractivity contribution in [3.8, 4) is 0 Å². The van der Waals surface area contributed by atoms with Gasteiger partial charge in [-0.05, 0) is 37.5 Å². The molecule has 2 unspecified atom stereocenters. The van der Waals surface area contributed by atoms with Crippen molar-refractivity contribution in [3.63, 3.8) is 0 Å². The Morgan fingerprint density at radius 1 is 1.53 bits per heavy atom. The Labute approximate surface area is 94.3 Å². The number of hydrogen-bond donors (Lipinski definition) is 2. The molecule has 1 aliphatic carbocycles. The second-order valence-corrected chi connectivity index (χ2v) is 5.78. The smallest absolute Gasteiger partial charge is 0.0280 e. The molecule has 0 aromatic rings. The van der Waals surface area contributed by atoms with E-state index in [2.05, 4.69) is 32.8 Å². The molecule has 15 heavy (non-hydrogen) atoms. The van der Waals surface area contributed by atoms with E-state index in [1.54, 1.807) is 0 Å². The first-order chi connectivity index (χ1) is 6.97. The van der Waals surface area contributed by atoms with Crippen molar-refractivity contribution in [1.29, 1.82) is 0 Å². The first kappa shape index (κ1) is 12.7. The van der Waals surface area contributed by atoms with Crippen LogP contribution in [0.15, 0.2) is 12.2 Å². The highest BCUT2D eigenvalue weighted by atomic mass is 15.2. The minimum absolute atomic E-state index is 0.401. The quantitative estimate of drug-likeness (QED) is 0.425. The molecule has 2 nitrogen and oxygen atoms in total. The van der Waals surface area contributed by atoms with E-state index in [1.165, 1.54) is 31.3 Å². The van der Waals surface area contributed by atoms with Crippen LogP contribution in [0.5, 0.6) is 0 Å². The third kappa shape index (κ3) is 3.32. The van der Waals surface area contributed by atoms with Crippen LogP contribution in [0.2, 0.25) is 0 Å². The molecule has 0 aliphatic heterocycles. The fraction of sp³-hybridized carbons (Fsp3) is 0.846. The maximum atomic E-state index is 5.68. The summed E-state index contributed by atoms with van der Waals surface area (Å²) in [5, 5.41) is 0. The molecular weight excluding hydrogens is 184 g/mol. The van der Waals surface area contributed by atoms with Gasteiger partial charge in [-0.15, -0.1) is 6.58 Å². The predicted octanol–water partition coefficient (Wildman–Crippen LogP) is 3.00. The molecule has 0 saturated heterocycles. The number of hydrazine groups is 1. The summed E-state index contributed by atoms with van der Waals surface area (Å²) in [5.74, 6) is 6.37. The Bertz CT molecular complexity index is 221. The van der Waals surface area contributed by atoms with E-state index in [4.69, 9.17) is 5.84 Å². The molecule has 88 valence electrons. The third-order valence-electron chi connectivity index (χ3n) is 3.86. The van der Waals surface area contributed by atoms with Crippen molar-refractivity contribution >= 4 is 0 Å². The highest BCUT2D eigenvalue weighted by Crippen LogP contribution is 2.43. The maximum absolute atomic E-state index is 5.68. The van der Waals surface area contributed by atoms with Gasteiger partial charge in [0.2, 0.25) is 0 Å². The average Bonchev–Trinajstić information content (AvgIpc) is 2.14. The van der Waals surface area contributed by atoms with E-state index < -0.39 is 0 Å². The lowest BCUT2D eigenvalue weighted by molar-refractivity contribution is 0.0982. The van der Waals surface area contributed by atoms with Gasteiger partial charge in [-0.1, -0.05) is 32.3 Å². The summed E-state index contributed by atoms with van der Waals surface area (Å²) >= 11 is 0. The Balaban J connectivity index is 2.68. The third-order valence-corrected chi connectivity index (χ3v) is 3.86. The summed E-state index contributed by atoms with van der Waals surface area (Å²) in [6.45, 7) is 10.8. The molecule has 0 amide bonds. The second-order valence-electron chi connectivity index (χ2n) is 5.78. The minimum atomic E-state index is 0.401. The van der Waals surface area contributed by atoms with Crippen LogP contribution in [-0.2, 0) is 0 Å². The van der Waals surface area contributed by atoms with Crippen LogP contribution in [0.3, 0.4) is 0 Å². The van der Waals surface area contributed by atoms with Gasteiger partial charge in [0.25, 0.3) is 0 Å². The molecule has 2 atom stereocenters. The monoisotopic (exact) mass is 210 g/mol. The van der Waals surface area contributed by atoms with Crippen LogP contribution in [0, 0.1) is 11.3 Å². The molecule has 1 fully saturated rings. The molecule has 0 aromatic heterocycles. The number of rotatable bonds is 4. The zero-order chi connectivity index (χ0) is 11.5. The molecule has 0 spiro atoms. The number of nitrogens with two attached hydrogens (primary N) is 1. The summed E-state index contributed by atoms with van der Waals surface area (Å²) in [6.07, 6.45) is 6.35. The Morgan fingerprint density at radius 2 is 2.20 bits per heavy atom. The SMILES string of the molecule is C=C(C)CC(NN)C1CCCCC1(C)C. The largest absolute Gasteiger partial charge is 0.271 e. The standard InChI is InChI=1S/C13H26N2/c1-10(2)9-12(15-14)11-7-5-6-8-13(11,3)4/h11-12,15H,1,5-9,14H2,2-4H3. The van der Waals surface area contributed by atoms with E-state index in [0.29, 0.717) is 17.4 Å². The van der Waals surface area contributed by atoms with E-state index >= 15 is 0 Å². The Hall–Kier alpha value is -0.340. The molecule has 2 heteroatoms. The number of nitrogens with one attached hydrogen (secondary N) is 1. The van der Waals surface area contributed by atoms with Crippen molar-refractivity contribution in [2.45, 2.75) is 58.9 Å². The number of hydrogen-bond acceptors (Lipinski definition) is 2. The molecule has 3 N–H and O–H groups in total. The highest BCUT2D eigenvalue weighted by Gasteiger charge is 2.36. The summed E-state index contributed by atoms with van der Waals surface area (Å²) in [7, 11) is 0. The van der Waals surface area contributed by atoms with E-state index in [1.807, 2.05) is 0 Å². The summed E-state index contributed by atoms with van der Waals surface area (Å²) < 4.78 is 0. The van der Waals surface area contributed by atoms with Crippen LogP contribution in [0.25, 0.3) is 0 Å². The topological polar surface area (TPSA) is 38.0 Å². The molecule has 0 bridgehead atoms. The van der Waals surface area contributed by atoms with Crippen LogP contribution >= 0.6 is 0 Å². The van der Waals surface area contributed by atoms with Crippen molar-refractivity contribution < 1.29 is 0 Å². The lowest BCUT2D eigenvalue weighted by Crippen LogP contribution is -2.47. The van der Waals surface area contributed by atoms with Crippen molar-refractivity contribution in [1.82, 2.24) is 5.43 Å². The second kappa shape index (κ2) is 5.13. The summed E-state index contributed by atoms with van der Waals surface area (Å²) in [5.41, 5.74) is 4.64. The van der Waals surface area contributed by atoms with E-state index in [-0.39, 0.29) is 0 Å². The lowest BCUT2D eigenvalue weighted by Gasteiger charge is -2.43. The van der Waals surface area contributed by atoms with Crippen LogP contribution in [-0.4, -0.2) is 6.04 Å². The van der Waals surface area contributed by atoms with Gasteiger partial charge in [-0.3, -0.25) is 11.3 Å². The van der Waals surface area contributed by atoms with Crippen LogP contribution < -0.4 is 11.3 Å². The molecule has 1 aliphatic rings. The normalized spacial score (nSPS) is 27.3. The summed E-state index contributed by atoms with van der Waals surface area (Å²) in [6, 6.07) is 0.401. The molecule has 0 aromatic carbocycles. The first-order valence-electron chi connectivity index (χ1n) is 6.08. The molecule has 1 saturated carbocycles. The van der Waals surface area contributed by atoms with E-state index in [0.717, 1.165) is 6.42 Å². The van der Waals surface area contributed by atoms with Crippen molar-refractivity contribution in [2.24, 2.45) is 17.2 Å². The zero-order valence-electron chi connectivity index (χ0n) is 10.5. The van der Waals surface area contributed by atoms with E-state index in [9.17, 15) is 0 Å². The fourth-order valence-electron chi connectivity index (χ4n) is 2.96. The van der Waals surface area contributed by atoms with Gasteiger partial charge in [0.1, 0.15) is 0 Å². The first-order valence-corrected chi connectivity index (χ1v) is 6.08. The van der Waals surface area contributed by atoms with Crippen molar-refractivity contribution in [3.05, 3.63) is 12.2 Å². The molecule has 1 rings (SSSR count). The Kier molecular flexibility index (Phi) is 4.35. The molecule has 0 radical (unpaired) electrons. The van der Waals surface area contributed by atoms with Gasteiger partial charge in [0.05, 0.1) is 0 Å². The Morgan fingerprint density at radius 3 is 2.67 bits per heavy atom. The summed E-state index contributed by atoms with van der Waals surface area (Å²) in [4.78, 5) is 0. The van der Waals surface area contributed by atoms with Crippen molar-refractivity contribution in [2.75, 3.05) is 0 Å². The van der Waals surface area contributed by atoms with Gasteiger partial charge < -0.3 is 0 Å². The van der Waals surface area contributed by atoms with Crippen LogP contribution in [0.4, 0.5) is 0 Å². The highest BCUT2D eigenvalue weighted by molar-refractivity contribution is 4.98. The van der Waals surface area contributed by atoms with Gasteiger partial charge in [-0.25, -0.2) is 0 Å². The average molecular weight is 210 g/mol. The predicted molar refractivity (Wildman–Crippen MR) is 66.3 cm³/mol. The zero-order valence-corrected chi connectivity index (χ0v) is 10.5. The van der Waals surface area contributed by atoms with Gasteiger partial charge >= 0.3 is 0 Å². The molecular formula is C13H26N2. The van der Waals surface area contributed by atoms with Gasteiger partial charge in [-0.2, -0.15) is 0 Å². The lowest BCUT2D eigenvalue weighted by atomic mass is 9.65. The maximum Gasteiger partial charge on any atom is 0.0280 e. The minimum Gasteiger partial charge on any atom is -0.271 e. The molecule has 0 heterocycles.